The van der Waals surface area contributed by atoms with Gasteiger partial charge in [0.25, 0.3) is 0 Å². The van der Waals surface area contributed by atoms with Gasteiger partial charge in [0.15, 0.2) is 5.96 Å². The maximum atomic E-state index is 13.6. The summed E-state index contributed by atoms with van der Waals surface area (Å²) in [6, 6.07) is 6.80. The van der Waals surface area contributed by atoms with Gasteiger partial charge in [-0.2, -0.15) is 0 Å². The minimum absolute atomic E-state index is 0. The van der Waals surface area contributed by atoms with Gasteiger partial charge in [0.2, 0.25) is 0 Å². The first-order valence-corrected chi connectivity index (χ1v) is 8.67. The molecule has 2 rings (SSSR count). The van der Waals surface area contributed by atoms with Crippen LogP contribution in [-0.4, -0.2) is 69.1 Å². The summed E-state index contributed by atoms with van der Waals surface area (Å²) in [4.78, 5) is 9.10. The molecule has 1 aromatic carbocycles. The third-order valence-corrected chi connectivity index (χ3v) is 4.41. The standard InChI is InChI=1S/C18H30FN5.HI/c1-15(14-24-10-8-23(3)9-11-24)12-21-18(20-2)22-13-16-6-4-5-7-17(16)19;/h4-7,15H,8-14H2,1-3H3,(H2,20,21,22);1H. The summed E-state index contributed by atoms with van der Waals surface area (Å²) in [7, 11) is 3.91. The summed E-state index contributed by atoms with van der Waals surface area (Å²) in [6.07, 6.45) is 0. The molecule has 7 heteroatoms. The zero-order valence-electron chi connectivity index (χ0n) is 15.5. The minimum Gasteiger partial charge on any atom is -0.356 e. The van der Waals surface area contributed by atoms with Crippen LogP contribution in [-0.2, 0) is 6.54 Å². The average Bonchev–Trinajstić information content (AvgIpc) is 2.58. The number of nitrogens with zero attached hydrogens (tertiary/aromatic N) is 3. The molecule has 1 aliphatic rings. The van der Waals surface area contributed by atoms with Crippen LogP contribution in [0, 0.1) is 11.7 Å². The Morgan fingerprint density at radius 1 is 1.20 bits per heavy atom. The normalized spacial score (nSPS) is 17.7. The van der Waals surface area contributed by atoms with Crippen molar-refractivity contribution >= 4 is 29.9 Å². The maximum Gasteiger partial charge on any atom is 0.191 e. The highest BCUT2D eigenvalue weighted by Crippen LogP contribution is 2.06. The van der Waals surface area contributed by atoms with E-state index < -0.39 is 0 Å². The Kier molecular flexibility index (Phi) is 10.3. The molecule has 5 nitrogen and oxygen atoms in total. The lowest BCUT2D eigenvalue weighted by Gasteiger charge is -2.34. The molecule has 1 heterocycles. The van der Waals surface area contributed by atoms with E-state index in [1.165, 1.54) is 6.07 Å². The summed E-state index contributed by atoms with van der Waals surface area (Å²) in [5, 5.41) is 6.51. The van der Waals surface area contributed by atoms with Gasteiger partial charge in [0.05, 0.1) is 0 Å². The number of guanidine groups is 1. The fourth-order valence-electron chi connectivity index (χ4n) is 2.85. The zero-order valence-corrected chi connectivity index (χ0v) is 17.8. The predicted molar refractivity (Wildman–Crippen MR) is 113 cm³/mol. The number of benzene rings is 1. The van der Waals surface area contributed by atoms with Crippen molar-refractivity contribution in [1.82, 2.24) is 20.4 Å². The van der Waals surface area contributed by atoms with Gasteiger partial charge in [0, 0.05) is 58.4 Å². The molecule has 0 radical (unpaired) electrons. The number of halogens is 2. The van der Waals surface area contributed by atoms with Crippen LogP contribution >= 0.6 is 24.0 Å². The summed E-state index contributed by atoms with van der Waals surface area (Å²) >= 11 is 0. The van der Waals surface area contributed by atoms with Crippen LogP contribution < -0.4 is 10.6 Å². The molecule has 0 spiro atoms. The molecule has 0 aliphatic carbocycles. The van der Waals surface area contributed by atoms with E-state index in [2.05, 4.69) is 39.4 Å². The highest BCUT2D eigenvalue weighted by molar-refractivity contribution is 14.0. The second-order valence-electron chi connectivity index (χ2n) is 6.61. The number of piperazine rings is 1. The Morgan fingerprint density at radius 2 is 1.88 bits per heavy atom. The number of aliphatic imine (C=N–C) groups is 1. The van der Waals surface area contributed by atoms with Crippen LogP contribution in [0.3, 0.4) is 0 Å². The number of rotatable bonds is 6. The maximum absolute atomic E-state index is 13.6. The molecule has 1 saturated heterocycles. The van der Waals surface area contributed by atoms with E-state index in [1.807, 2.05) is 6.07 Å². The van der Waals surface area contributed by atoms with Crippen molar-refractivity contribution in [3.8, 4) is 0 Å². The lowest BCUT2D eigenvalue weighted by atomic mass is 10.1. The monoisotopic (exact) mass is 463 g/mol. The van der Waals surface area contributed by atoms with Crippen LogP contribution in [0.2, 0.25) is 0 Å². The molecule has 1 aliphatic heterocycles. The van der Waals surface area contributed by atoms with Gasteiger partial charge >= 0.3 is 0 Å². The Morgan fingerprint density at radius 3 is 2.52 bits per heavy atom. The molecule has 1 atom stereocenters. The minimum atomic E-state index is -0.191. The first-order chi connectivity index (χ1) is 11.6. The molecule has 142 valence electrons. The van der Waals surface area contributed by atoms with E-state index in [9.17, 15) is 4.39 Å². The number of likely N-dealkylation sites (N-methyl/N-ethyl adjacent to an activating group) is 1. The smallest absolute Gasteiger partial charge is 0.191 e. The van der Waals surface area contributed by atoms with E-state index in [0.717, 1.165) is 39.3 Å². The Hall–Kier alpha value is -0.930. The van der Waals surface area contributed by atoms with Crippen molar-refractivity contribution < 1.29 is 4.39 Å². The van der Waals surface area contributed by atoms with Gasteiger partial charge in [-0.05, 0) is 19.0 Å². The van der Waals surface area contributed by atoms with Crippen LogP contribution in [0.5, 0.6) is 0 Å². The number of nitrogens with one attached hydrogen (secondary N) is 2. The summed E-state index contributed by atoms with van der Waals surface area (Å²) < 4.78 is 13.6. The van der Waals surface area contributed by atoms with Gasteiger partial charge in [-0.25, -0.2) is 4.39 Å². The van der Waals surface area contributed by atoms with Crippen molar-refractivity contribution in [2.24, 2.45) is 10.9 Å². The molecular weight excluding hydrogens is 432 g/mol. The largest absolute Gasteiger partial charge is 0.356 e. The molecule has 1 unspecified atom stereocenters. The first-order valence-electron chi connectivity index (χ1n) is 8.67. The predicted octanol–water partition coefficient (Wildman–Crippen LogP) is 1.99. The third-order valence-electron chi connectivity index (χ3n) is 4.41. The summed E-state index contributed by atoms with van der Waals surface area (Å²) in [5.41, 5.74) is 0.644. The SMILES string of the molecule is CN=C(NCc1ccccc1F)NCC(C)CN1CCN(C)CC1.I. The van der Waals surface area contributed by atoms with Gasteiger partial charge in [-0.1, -0.05) is 25.1 Å². The van der Waals surface area contributed by atoms with Crippen molar-refractivity contribution in [3.05, 3.63) is 35.6 Å². The molecule has 25 heavy (non-hydrogen) atoms. The van der Waals surface area contributed by atoms with Gasteiger partial charge in [-0.15, -0.1) is 24.0 Å². The highest BCUT2D eigenvalue weighted by Gasteiger charge is 2.16. The number of hydrogen-bond donors (Lipinski definition) is 2. The number of hydrogen-bond acceptors (Lipinski definition) is 3. The van der Waals surface area contributed by atoms with Crippen molar-refractivity contribution in [2.75, 3.05) is 53.4 Å². The van der Waals surface area contributed by atoms with Crippen LogP contribution in [0.15, 0.2) is 29.3 Å². The highest BCUT2D eigenvalue weighted by atomic mass is 127. The first kappa shape index (κ1) is 22.1. The second kappa shape index (κ2) is 11.6. The molecule has 0 amide bonds. The third kappa shape index (κ3) is 7.87. The fraction of sp³-hybridized carbons (Fsp3) is 0.611. The van der Waals surface area contributed by atoms with Crippen molar-refractivity contribution in [2.45, 2.75) is 13.5 Å². The van der Waals surface area contributed by atoms with Gasteiger partial charge in [-0.3, -0.25) is 4.99 Å². The van der Waals surface area contributed by atoms with E-state index in [4.69, 9.17) is 0 Å². The van der Waals surface area contributed by atoms with E-state index in [-0.39, 0.29) is 29.8 Å². The average molecular weight is 463 g/mol. The second-order valence-corrected chi connectivity index (χ2v) is 6.61. The van der Waals surface area contributed by atoms with E-state index >= 15 is 0 Å². The Bertz CT molecular complexity index is 532. The van der Waals surface area contributed by atoms with Crippen molar-refractivity contribution in [1.29, 1.82) is 0 Å². The van der Waals surface area contributed by atoms with Crippen LogP contribution in [0.1, 0.15) is 12.5 Å². The summed E-state index contributed by atoms with van der Waals surface area (Å²) in [5.74, 6) is 1.05. The van der Waals surface area contributed by atoms with Gasteiger partial charge < -0.3 is 20.4 Å². The molecule has 1 aromatic rings. The Balaban J connectivity index is 0.00000312. The molecule has 0 aromatic heterocycles. The topological polar surface area (TPSA) is 42.9 Å². The Labute approximate surface area is 168 Å². The lowest BCUT2D eigenvalue weighted by Crippen LogP contribution is -2.47. The summed E-state index contributed by atoms with van der Waals surface area (Å²) in [6.45, 7) is 9.18. The lowest BCUT2D eigenvalue weighted by molar-refractivity contribution is 0.139. The molecule has 0 bridgehead atoms. The molecule has 1 fully saturated rings. The quantitative estimate of drug-likeness (QED) is 0.385. The molecule has 2 N–H and O–H groups in total. The van der Waals surface area contributed by atoms with Crippen molar-refractivity contribution in [3.63, 3.8) is 0 Å². The molecule has 0 saturated carbocycles. The zero-order chi connectivity index (χ0) is 17.4. The van der Waals surface area contributed by atoms with Gasteiger partial charge in [0.1, 0.15) is 5.82 Å². The fourth-order valence-corrected chi connectivity index (χ4v) is 2.85. The van der Waals surface area contributed by atoms with Crippen LogP contribution in [0.4, 0.5) is 4.39 Å². The van der Waals surface area contributed by atoms with Crippen LogP contribution in [0.25, 0.3) is 0 Å². The molecular formula is C18H31FIN5. The van der Waals surface area contributed by atoms with E-state index in [0.29, 0.717) is 24.0 Å². The van der Waals surface area contributed by atoms with E-state index in [1.54, 1.807) is 19.2 Å².